The molecule has 0 saturated heterocycles. The maximum atomic E-state index is 13.5. The summed E-state index contributed by atoms with van der Waals surface area (Å²) in [6.07, 6.45) is 0.604. The van der Waals surface area contributed by atoms with Gasteiger partial charge in [0.2, 0.25) is 5.91 Å². The third kappa shape index (κ3) is 16.0. The molecule has 0 aromatic heterocycles. The number of hydrogen-bond donors (Lipinski definition) is 5. The SMILES string of the molecule is CC(=O)NCCNC(=O)COc1c2cc(C(C)(C)C)cc1Cc1cc(C(C)(C)C)cc(c1OCC(=O)O)Cc1cc(C(C)(C)C)cc(c1OCC(=O)O)Cc1cc(C(C)(C)C)cc(c1OCC(=O)O)C2.[Y]. The summed E-state index contributed by atoms with van der Waals surface area (Å²) in [6, 6.07) is 16.1. The predicted octanol–water partition coefficient (Wildman–Crippen LogP) is 8.57. The van der Waals surface area contributed by atoms with Gasteiger partial charge in [0.25, 0.3) is 5.91 Å². The summed E-state index contributed by atoms with van der Waals surface area (Å²) in [4.78, 5) is 62.0. The summed E-state index contributed by atoms with van der Waals surface area (Å²) < 4.78 is 25.6. The zero-order chi connectivity index (χ0) is 52.1. The largest absolute Gasteiger partial charge is 0.483 e. The van der Waals surface area contributed by atoms with Gasteiger partial charge in [-0.2, -0.15) is 0 Å². The van der Waals surface area contributed by atoms with Crippen molar-refractivity contribution in [2.24, 2.45) is 0 Å². The number of ether oxygens (including phenoxy) is 4. The van der Waals surface area contributed by atoms with Crippen molar-refractivity contribution in [3.63, 3.8) is 0 Å². The van der Waals surface area contributed by atoms with E-state index in [0.29, 0.717) is 67.5 Å². The molecule has 15 heteroatoms. The number of aliphatic carboxylic acids is 3. The van der Waals surface area contributed by atoms with Crippen molar-refractivity contribution in [2.75, 3.05) is 39.5 Å². The van der Waals surface area contributed by atoms with E-state index in [-0.39, 0.29) is 84.0 Å². The zero-order valence-electron chi connectivity index (χ0n) is 43.8. The van der Waals surface area contributed by atoms with Gasteiger partial charge < -0.3 is 44.9 Å². The third-order valence-electron chi connectivity index (χ3n) is 12.1. The molecule has 5 rings (SSSR count). The van der Waals surface area contributed by atoms with E-state index in [2.05, 4.69) is 93.7 Å². The number of fused-ring (bicyclic) bond motifs is 8. The first kappa shape index (κ1) is 58.1. The molecular formula is C56H72N2O12Y. The zero-order valence-corrected chi connectivity index (χ0v) is 46.6. The van der Waals surface area contributed by atoms with Gasteiger partial charge in [-0.3, -0.25) is 9.59 Å². The quantitative estimate of drug-likeness (QED) is 0.0626. The minimum Gasteiger partial charge on any atom is -0.483 e. The molecule has 0 atom stereocenters. The number of carbonyl (C=O) groups is 5. The van der Waals surface area contributed by atoms with Crippen LogP contribution in [0.15, 0.2) is 48.5 Å². The van der Waals surface area contributed by atoms with Crippen LogP contribution in [0.3, 0.4) is 0 Å². The number of carboxylic acids is 3. The van der Waals surface area contributed by atoms with Crippen molar-refractivity contribution in [3.05, 3.63) is 115 Å². The number of carbonyl (C=O) groups excluding carboxylic acids is 2. The third-order valence-corrected chi connectivity index (χ3v) is 12.1. The van der Waals surface area contributed by atoms with Gasteiger partial charge in [-0.25, -0.2) is 14.4 Å². The summed E-state index contributed by atoms with van der Waals surface area (Å²) in [6.45, 7) is 24.5. The van der Waals surface area contributed by atoms with Crippen LogP contribution in [0, 0.1) is 0 Å². The fraction of sp³-hybridized carbons (Fsp3) is 0.482. The predicted molar refractivity (Wildman–Crippen MR) is 268 cm³/mol. The fourth-order valence-corrected chi connectivity index (χ4v) is 8.39. The molecule has 0 fully saturated rings. The van der Waals surface area contributed by atoms with Gasteiger partial charge in [-0.05, 0) is 88.4 Å². The molecule has 4 aromatic rings. The van der Waals surface area contributed by atoms with Crippen LogP contribution >= 0.6 is 0 Å². The van der Waals surface area contributed by atoms with Crippen LogP contribution < -0.4 is 29.6 Å². The normalized spacial score (nSPS) is 12.7. The van der Waals surface area contributed by atoms with Crippen molar-refractivity contribution in [2.45, 2.75) is 137 Å². The summed E-state index contributed by atoms with van der Waals surface area (Å²) >= 11 is 0. The maximum Gasteiger partial charge on any atom is 0.341 e. The van der Waals surface area contributed by atoms with Crippen LogP contribution in [0.2, 0.25) is 0 Å². The molecule has 14 nitrogen and oxygen atoms in total. The Kier molecular flexibility index (Phi) is 19.1. The molecule has 381 valence electrons. The Balaban J connectivity index is 0.0000110. The van der Waals surface area contributed by atoms with E-state index in [1.807, 2.05) is 48.5 Å². The van der Waals surface area contributed by atoms with Gasteiger partial charge >= 0.3 is 17.9 Å². The van der Waals surface area contributed by atoms with Gasteiger partial charge in [0, 0.05) is 78.4 Å². The molecule has 0 spiro atoms. The van der Waals surface area contributed by atoms with E-state index >= 15 is 0 Å². The Bertz CT molecular complexity index is 2510. The fourth-order valence-electron chi connectivity index (χ4n) is 8.39. The molecule has 0 saturated carbocycles. The standard InChI is InChI=1S/C56H72N2O12.Y/c1-32(59)57-14-15-58-45(60)28-67-49-33-16-35-22-42(54(5,6)7)24-37(50(35)68-29-46(61)62)18-39-26-44(56(11,12)13)27-40(52(39)70-31-48(65)66)19-38-25-43(55(8,9)10)23-36(51(38)69-30-47(63)64)17-34(49)21-41(20-33)53(2,3)4;/h20-27H,14-19,28-31H2,1-13H3,(H,57,59)(H,58,60)(H,61,62)(H,63,64)(H,65,66);. The van der Waals surface area contributed by atoms with Crippen LogP contribution in [0.4, 0.5) is 0 Å². The molecular weight excluding hydrogens is 982 g/mol. The van der Waals surface area contributed by atoms with Crippen LogP contribution in [0.5, 0.6) is 23.0 Å². The molecule has 2 amide bonds. The number of rotatable bonds is 15. The summed E-state index contributed by atoms with van der Waals surface area (Å²) in [5.74, 6) is -2.78. The summed E-state index contributed by atoms with van der Waals surface area (Å²) in [5, 5.41) is 35.7. The smallest absolute Gasteiger partial charge is 0.341 e. The van der Waals surface area contributed by atoms with Crippen LogP contribution in [-0.4, -0.2) is 84.6 Å². The molecule has 5 N–H and O–H groups in total. The van der Waals surface area contributed by atoms with Gasteiger partial charge in [0.15, 0.2) is 26.4 Å². The minimum atomic E-state index is -1.18. The number of benzene rings is 4. The van der Waals surface area contributed by atoms with Crippen molar-refractivity contribution in [1.29, 1.82) is 0 Å². The van der Waals surface area contributed by atoms with Crippen molar-refractivity contribution >= 4 is 29.7 Å². The second-order valence-electron chi connectivity index (χ2n) is 22.4. The minimum absolute atomic E-state index is 0. The first-order valence-corrected chi connectivity index (χ1v) is 23.7. The Morgan fingerprint density at radius 2 is 0.620 bits per heavy atom. The molecule has 0 aliphatic heterocycles. The van der Waals surface area contributed by atoms with E-state index in [1.165, 1.54) is 6.92 Å². The first-order chi connectivity index (χ1) is 32.4. The maximum absolute atomic E-state index is 13.5. The average Bonchev–Trinajstić information content (AvgIpc) is 3.21. The van der Waals surface area contributed by atoms with Gasteiger partial charge in [-0.1, -0.05) is 132 Å². The topological polar surface area (TPSA) is 207 Å². The molecule has 8 bridgehead atoms. The molecule has 1 radical (unpaired) electrons. The van der Waals surface area contributed by atoms with E-state index < -0.39 is 65.3 Å². The van der Waals surface area contributed by atoms with Gasteiger partial charge in [0.1, 0.15) is 23.0 Å². The number of amides is 2. The summed E-state index contributed by atoms with van der Waals surface area (Å²) in [7, 11) is 0. The first-order valence-electron chi connectivity index (χ1n) is 23.7. The van der Waals surface area contributed by atoms with E-state index in [9.17, 15) is 39.3 Å². The van der Waals surface area contributed by atoms with Crippen molar-refractivity contribution < 1.29 is 90.9 Å². The molecule has 0 heterocycles. The number of nitrogens with one attached hydrogen (secondary N) is 2. The monoisotopic (exact) mass is 1050 g/mol. The van der Waals surface area contributed by atoms with Gasteiger partial charge in [0.05, 0.1) is 0 Å². The molecule has 0 unspecified atom stereocenters. The Labute approximate surface area is 443 Å². The molecule has 1 aliphatic carbocycles. The van der Waals surface area contributed by atoms with E-state index in [1.54, 1.807) is 0 Å². The van der Waals surface area contributed by atoms with Crippen LogP contribution in [0.1, 0.15) is 157 Å². The molecule has 1 aliphatic rings. The Hall–Kier alpha value is -5.47. The second kappa shape index (κ2) is 23.4. The summed E-state index contributed by atoms with van der Waals surface area (Å²) in [5.41, 5.74) is 7.30. The number of carboxylic acid groups (broad SMARTS) is 3. The van der Waals surface area contributed by atoms with E-state index in [4.69, 9.17) is 18.9 Å². The average molecular weight is 1050 g/mol. The number of hydrogen-bond acceptors (Lipinski definition) is 9. The van der Waals surface area contributed by atoms with Crippen molar-refractivity contribution in [3.8, 4) is 23.0 Å². The van der Waals surface area contributed by atoms with Crippen LogP contribution in [-0.2, 0) is 104 Å². The van der Waals surface area contributed by atoms with E-state index in [0.717, 1.165) is 22.3 Å². The molecule has 4 aromatic carbocycles. The molecule has 71 heavy (non-hydrogen) atoms. The second-order valence-corrected chi connectivity index (χ2v) is 22.4. The Morgan fingerprint density at radius 1 is 0.408 bits per heavy atom. The van der Waals surface area contributed by atoms with Gasteiger partial charge in [-0.15, -0.1) is 0 Å². The van der Waals surface area contributed by atoms with Crippen LogP contribution in [0.25, 0.3) is 0 Å². The van der Waals surface area contributed by atoms with Crippen molar-refractivity contribution in [1.82, 2.24) is 10.6 Å². The Morgan fingerprint density at radius 3 is 0.817 bits per heavy atom.